The Morgan fingerprint density at radius 2 is 1.74 bits per heavy atom. The summed E-state index contributed by atoms with van der Waals surface area (Å²) >= 11 is 7.37. The average Bonchev–Trinajstić information content (AvgIpc) is 3.28. The number of hydrogen-bond acceptors (Lipinski definition) is 6. The first kappa shape index (κ1) is 24.8. The van der Waals surface area contributed by atoms with E-state index in [2.05, 4.69) is 5.32 Å². The lowest BCUT2D eigenvalue weighted by Gasteiger charge is -2.23. The van der Waals surface area contributed by atoms with E-state index in [1.807, 2.05) is 6.07 Å². The van der Waals surface area contributed by atoms with Crippen molar-refractivity contribution in [3.63, 3.8) is 0 Å². The lowest BCUT2D eigenvalue weighted by molar-refractivity contribution is 0.103. The number of benzene rings is 3. The number of sulfonamides is 1. The van der Waals surface area contributed by atoms with E-state index in [-0.39, 0.29) is 17.3 Å². The van der Waals surface area contributed by atoms with Crippen molar-refractivity contribution in [2.75, 3.05) is 30.4 Å². The van der Waals surface area contributed by atoms with Crippen LogP contribution in [-0.4, -0.2) is 35.1 Å². The molecule has 0 aliphatic rings. The Morgan fingerprint density at radius 1 is 1.00 bits per heavy atom. The summed E-state index contributed by atoms with van der Waals surface area (Å²) in [6.07, 6.45) is 0. The second kappa shape index (κ2) is 10.2. The predicted molar refractivity (Wildman–Crippen MR) is 141 cm³/mol. The first-order valence-electron chi connectivity index (χ1n) is 10.6. The molecule has 1 aromatic heterocycles. The molecule has 0 unspecified atom stereocenters. The third-order valence-electron chi connectivity index (χ3n) is 5.36. The van der Waals surface area contributed by atoms with Crippen molar-refractivity contribution >= 4 is 60.3 Å². The van der Waals surface area contributed by atoms with Gasteiger partial charge in [0, 0.05) is 16.3 Å². The molecule has 0 aliphatic heterocycles. The number of carbonyl (C=O) groups excluding carboxylic acids is 1. The van der Waals surface area contributed by atoms with Gasteiger partial charge < -0.3 is 14.8 Å². The van der Waals surface area contributed by atoms with Gasteiger partial charge in [-0.05, 0) is 79.0 Å². The van der Waals surface area contributed by atoms with E-state index < -0.39 is 10.0 Å². The molecule has 10 heteroatoms. The van der Waals surface area contributed by atoms with Crippen LogP contribution in [0.25, 0.3) is 10.1 Å². The van der Waals surface area contributed by atoms with E-state index in [4.69, 9.17) is 21.1 Å². The summed E-state index contributed by atoms with van der Waals surface area (Å²) in [5.41, 5.74) is 0.975. The quantitative estimate of drug-likeness (QED) is 0.300. The molecule has 0 aliphatic carbocycles. The van der Waals surface area contributed by atoms with Gasteiger partial charge in [-0.25, -0.2) is 8.42 Å². The number of anilines is 2. The lowest BCUT2D eigenvalue weighted by atomic mass is 10.2. The van der Waals surface area contributed by atoms with Crippen molar-refractivity contribution < 1.29 is 22.7 Å². The van der Waals surface area contributed by atoms with E-state index in [0.29, 0.717) is 32.8 Å². The highest BCUT2D eigenvalue weighted by Crippen LogP contribution is 2.33. The van der Waals surface area contributed by atoms with Crippen LogP contribution >= 0.6 is 22.9 Å². The van der Waals surface area contributed by atoms with Crippen molar-refractivity contribution in [2.45, 2.75) is 11.8 Å². The van der Waals surface area contributed by atoms with Crippen LogP contribution in [-0.2, 0) is 10.0 Å². The number of methoxy groups -OCH3 is 2. The fraction of sp³-hybridized carbons (Fsp3) is 0.160. The van der Waals surface area contributed by atoms with Crippen molar-refractivity contribution in [3.8, 4) is 11.5 Å². The number of nitrogens with one attached hydrogen (secondary N) is 1. The van der Waals surface area contributed by atoms with Crippen molar-refractivity contribution in [2.24, 2.45) is 0 Å². The smallest absolute Gasteiger partial charge is 0.265 e. The molecule has 0 saturated carbocycles. The average molecular weight is 531 g/mol. The highest BCUT2D eigenvalue weighted by Gasteiger charge is 2.24. The number of rotatable bonds is 8. The van der Waals surface area contributed by atoms with Crippen LogP contribution in [0.4, 0.5) is 11.4 Å². The van der Waals surface area contributed by atoms with Gasteiger partial charge in [-0.3, -0.25) is 9.10 Å². The molecule has 3 aromatic carbocycles. The van der Waals surface area contributed by atoms with Gasteiger partial charge >= 0.3 is 0 Å². The Bertz CT molecular complexity index is 1480. The van der Waals surface area contributed by atoms with Gasteiger partial charge in [0.1, 0.15) is 11.5 Å². The first-order chi connectivity index (χ1) is 16.8. The van der Waals surface area contributed by atoms with Crippen LogP contribution < -0.4 is 19.1 Å². The van der Waals surface area contributed by atoms with E-state index in [9.17, 15) is 13.2 Å². The van der Waals surface area contributed by atoms with Crippen molar-refractivity contribution in [1.82, 2.24) is 0 Å². The lowest BCUT2D eigenvalue weighted by Crippen LogP contribution is -2.30. The van der Waals surface area contributed by atoms with E-state index in [0.717, 1.165) is 10.1 Å². The molecule has 0 radical (unpaired) electrons. The summed E-state index contributed by atoms with van der Waals surface area (Å²) < 4.78 is 39.2. The molecule has 0 fully saturated rings. The third-order valence-corrected chi connectivity index (χ3v) is 8.62. The molecule has 7 nitrogen and oxygen atoms in total. The predicted octanol–water partition coefficient (Wildman–Crippen LogP) is 6.04. The van der Waals surface area contributed by atoms with E-state index in [1.54, 1.807) is 55.5 Å². The number of fused-ring (bicyclic) bond motifs is 1. The summed E-state index contributed by atoms with van der Waals surface area (Å²) in [7, 11) is -0.745. The van der Waals surface area contributed by atoms with E-state index >= 15 is 0 Å². The zero-order valence-corrected chi connectivity index (χ0v) is 21.6. The number of carbonyl (C=O) groups is 1. The fourth-order valence-corrected chi connectivity index (χ4v) is 6.20. The molecule has 0 spiro atoms. The summed E-state index contributed by atoms with van der Waals surface area (Å²) in [6.45, 7) is 2.02. The van der Waals surface area contributed by atoms with Crippen LogP contribution in [0.5, 0.6) is 11.5 Å². The number of thiophene rings is 1. The van der Waals surface area contributed by atoms with Crippen LogP contribution in [0, 0.1) is 0 Å². The maximum absolute atomic E-state index is 13.3. The monoisotopic (exact) mass is 530 g/mol. The SMILES string of the molecule is CCN(c1ccc2sc(C(=O)Nc3cc(Cl)ccc3OC)cc2c1)S(=O)(=O)c1ccc(OC)cc1. The molecule has 0 saturated heterocycles. The highest BCUT2D eigenvalue weighted by molar-refractivity contribution is 7.92. The summed E-state index contributed by atoms with van der Waals surface area (Å²) in [4.78, 5) is 13.6. The van der Waals surface area contributed by atoms with Crippen LogP contribution in [0.1, 0.15) is 16.6 Å². The van der Waals surface area contributed by atoms with Crippen LogP contribution in [0.15, 0.2) is 71.6 Å². The van der Waals surface area contributed by atoms with Crippen LogP contribution in [0.2, 0.25) is 5.02 Å². The molecule has 182 valence electrons. The second-order valence-electron chi connectivity index (χ2n) is 7.48. The molecule has 1 N–H and O–H groups in total. The Balaban J connectivity index is 1.63. The standard InChI is InChI=1S/C25H23ClN2O5S2/c1-4-28(35(30,31)20-9-7-19(32-2)8-10-20)18-6-12-23-16(13-18)14-24(34-23)25(29)27-21-15-17(26)5-11-22(21)33-3/h5-15H,4H2,1-3H3,(H,27,29). The minimum atomic E-state index is -3.78. The van der Waals surface area contributed by atoms with Gasteiger partial charge in [0.2, 0.25) is 0 Å². The Kier molecular flexibility index (Phi) is 7.20. The summed E-state index contributed by atoms with van der Waals surface area (Å²) in [5.74, 6) is 0.757. The van der Waals surface area contributed by atoms with Crippen molar-refractivity contribution in [1.29, 1.82) is 0 Å². The largest absolute Gasteiger partial charge is 0.497 e. The molecular formula is C25H23ClN2O5S2. The Hall–Kier alpha value is -3.27. The van der Waals surface area contributed by atoms with Gasteiger partial charge in [-0.15, -0.1) is 11.3 Å². The molecular weight excluding hydrogens is 508 g/mol. The van der Waals surface area contributed by atoms with Gasteiger partial charge in [0.05, 0.1) is 35.4 Å². The number of amides is 1. The van der Waals surface area contributed by atoms with Gasteiger partial charge in [0.15, 0.2) is 0 Å². The van der Waals surface area contributed by atoms with Gasteiger partial charge in [-0.2, -0.15) is 0 Å². The summed E-state index contributed by atoms with van der Waals surface area (Å²) in [6, 6.07) is 18.3. The first-order valence-corrected chi connectivity index (χ1v) is 13.3. The normalized spacial score (nSPS) is 11.3. The van der Waals surface area contributed by atoms with Gasteiger partial charge in [0.25, 0.3) is 15.9 Å². The Labute approximate surface area is 212 Å². The van der Waals surface area contributed by atoms with Crippen molar-refractivity contribution in [3.05, 3.63) is 76.6 Å². The third kappa shape index (κ3) is 5.07. The molecule has 1 amide bonds. The maximum atomic E-state index is 13.3. The second-order valence-corrected chi connectivity index (χ2v) is 10.9. The van der Waals surface area contributed by atoms with E-state index in [1.165, 1.54) is 42.0 Å². The molecule has 35 heavy (non-hydrogen) atoms. The molecule has 4 aromatic rings. The zero-order chi connectivity index (χ0) is 25.2. The minimum absolute atomic E-state index is 0.168. The molecule has 0 atom stereocenters. The molecule has 0 bridgehead atoms. The maximum Gasteiger partial charge on any atom is 0.265 e. The number of halogens is 1. The number of hydrogen-bond donors (Lipinski definition) is 1. The fourth-order valence-electron chi connectivity index (χ4n) is 3.63. The Morgan fingerprint density at radius 3 is 2.40 bits per heavy atom. The summed E-state index contributed by atoms with van der Waals surface area (Å²) in [5, 5.41) is 4.06. The number of nitrogens with zero attached hydrogens (tertiary/aromatic N) is 1. The minimum Gasteiger partial charge on any atom is -0.497 e. The van der Waals surface area contributed by atoms with Crippen LogP contribution in [0.3, 0.4) is 0 Å². The topological polar surface area (TPSA) is 84.9 Å². The zero-order valence-electron chi connectivity index (χ0n) is 19.2. The van der Waals surface area contributed by atoms with Gasteiger partial charge in [-0.1, -0.05) is 11.6 Å². The molecule has 1 heterocycles. The molecule has 4 rings (SSSR count). The highest BCUT2D eigenvalue weighted by atomic mass is 35.5. The number of ether oxygens (including phenoxy) is 2.